The van der Waals surface area contributed by atoms with Gasteiger partial charge in [0.2, 0.25) is 0 Å². The molecular weight excluding hydrogens is 228 g/mol. The van der Waals surface area contributed by atoms with Crippen LogP contribution in [-0.4, -0.2) is 24.8 Å². The second kappa shape index (κ2) is 7.34. The Morgan fingerprint density at radius 3 is 2.72 bits per heavy atom. The molecule has 0 radical (unpaired) electrons. The van der Waals surface area contributed by atoms with Crippen molar-refractivity contribution >= 4 is 0 Å². The number of methoxy groups -OCH3 is 1. The predicted octanol–water partition coefficient (Wildman–Crippen LogP) is 1.55. The van der Waals surface area contributed by atoms with Gasteiger partial charge in [-0.2, -0.15) is 0 Å². The summed E-state index contributed by atoms with van der Waals surface area (Å²) in [4.78, 5) is 12.3. The molecule has 1 aromatic rings. The molecule has 0 atom stereocenters. The third kappa shape index (κ3) is 4.27. The monoisotopic (exact) mass is 252 g/mol. The van der Waals surface area contributed by atoms with Gasteiger partial charge in [0.15, 0.2) is 0 Å². The van der Waals surface area contributed by atoms with Crippen LogP contribution in [0, 0.1) is 12.8 Å². The van der Waals surface area contributed by atoms with E-state index in [0.29, 0.717) is 19.1 Å². The van der Waals surface area contributed by atoms with Crippen LogP contribution in [0.2, 0.25) is 0 Å². The van der Waals surface area contributed by atoms with E-state index in [9.17, 15) is 4.79 Å². The molecule has 0 saturated carbocycles. The molecule has 1 heterocycles. The lowest BCUT2D eigenvalue weighted by Crippen LogP contribution is -2.30. The largest absolute Gasteiger partial charge is 0.383 e. The molecule has 4 nitrogen and oxygen atoms in total. The standard InChI is InChI=1S/C14H24N2O2/c1-11(2)10-16-12(3)5-6-13(14(16)17)9-15-7-8-18-4/h5-6,11,15H,7-10H2,1-4H3. The van der Waals surface area contributed by atoms with Crippen molar-refractivity contribution in [2.75, 3.05) is 20.3 Å². The summed E-state index contributed by atoms with van der Waals surface area (Å²) in [6.45, 7) is 9.01. The zero-order chi connectivity index (χ0) is 13.5. The normalized spacial score (nSPS) is 11.2. The highest BCUT2D eigenvalue weighted by Crippen LogP contribution is 2.03. The topological polar surface area (TPSA) is 43.3 Å². The summed E-state index contributed by atoms with van der Waals surface area (Å²) in [5, 5.41) is 3.21. The first-order valence-corrected chi connectivity index (χ1v) is 6.45. The molecule has 18 heavy (non-hydrogen) atoms. The second-order valence-corrected chi connectivity index (χ2v) is 4.98. The Kier molecular flexibility index (Phi) is 6.09. The van der Waals surface area contributed by atoms with Gasteiger partial charge in [-0.25, -0.2) is 0 Å². The number of aryl methyl sites for hydroxylation is 1. The van der Waals surface area contributed by atoms with Crippen molar-refractivity contribution in [3.8, 4) is 0 Å². The number of aromatic nitrogens is 1. The Labute approximate surface area is 109 Å². The molecule has 0 unspecified atom stereocenters. The van der Waals surface area contributed by atoms with E-state index in [4.69, 9.17) is 4.74 Å². The van der Waals surface area contributed by atoms with E-state index in [-0.39, 0.29) is 5.56 Å². The summed E-state index contributed by atoms with van der Waals surface area (Å²) in [7, 11) is 1.67. The SMILES string of the molecule is COCCNCc1ccc(C)n(CC(C)C)c1=O. The van der Waals surface area contributed by atoms with Gasteiger partial charge >= 0.3 is 0 Å². The van der Waals surface area contributed by atoms with Crippen molar-refractivity contribution in [3.63, 3.8) is 0 Å². The Morgan fingerprint density at radius 1 is 1.39 bits per heavy atom. The highest BCUT2D eigenvalue weighted by molar-refractivity contribution is 5.15. The average molecular weight is 252 g/mol. The van der Waals surface area contributed by atoms with E-state index in [0.717, 1.165) is 24.3 Å². The van der Waals surface area contributed by atoms with Crippen LogP contribution in [0.25, 0.3) is 0 Å². The van der Waals surface area contributed by atoms with E-state index >= 15 is 0 Å². The van der Waals surface area contributed by atoms with Crippen molar-refractivity contribution in [3.05, 3.63) is 33.7 Å². The highest BCUT2D eigenvalue weighted by Gasteiger charge is 2.07. The smallest absolute Gasteiger partial charge is 0.255 e. The van der Waals surface area contributed by atoms with E-state index in [2.05, 4.69) is 19.2 Å². The zero-order valence-corrected chi connectivity index (χ0v) is 11.8. The van der Waals surface area contributed by atoms with Crippen LogP contribution in [0.5, 0.6) is 0 Å². The summed E-state index contributed by atoms with van der Waals surface area (Å²) in [6, 6.07) is 3.92. The van der Waals surface area contributed by atoms with E-state index in [1.54, 1.807) is 7.11 Å². The average Bonchev–Trinajstić information content (AvgIpc) is 2.32. The van der Waals surface area contributed by atoms with Crippen LogP contribution < -0.4 is 10.9 Å². The lowest BCUT2D eigenvalue weighted by Gasteiger charge is -2.14. The quantitative estimate of drug-likeness (QED) is 0.749. The fourth-order valence-corrected chi connectivity index (χ4v) is 1.84. The minimum absolute atomic E-state index is 0.119. The van der Waals surface area contributed by atoms with Gasteiger partial charge in [0, 0.05) is 38.0 Å². The first-order valence-electron chi connectivity index (χ1n) is 6.45. The van der Waals surface area contributed by atoms with Gasteiger partial charge in [-0.1, -0.05) is 19.9 Å². The molecule has 0 spiro atoms. The Hall–Kier alpha value is -1.13. The molecule has 4 heteroatoms. The minimum atomic E-state index is 0.119. The molecule has 1 N–H and O–H groups in total. The Bertz CT molecular complexity index is 424. The van der Waals surface area contributed by atoms with Gasteiger partial charge in [-0.05, 0) is 18.9 Å². The molecule has 0 aliphatic heterocycles. The van der Waals surface area contributed by atoms with Crippen molar-refractivity contribution in [2.24, 2.45) is 5.92 Å². The van der Waals surface area contributed by atoms with Crippen molar-refractivity contribution in [1.82, 2.24) is 9.88 Å². The number of nitrogens with zero attached hydrogens (tertiary/aromatic N) is 1. The number of hydrogen-bond acceptors (Lipinski definition) is 3. The van der Waals surface area contributed by atoms with Crippen LogP contribution in [0.3, 0.4) is 0 Å². The third-order valence-electron chi connectivity index (χ3n) is 2.82. The van der Waals surface area contributed by atoms with Crippen molar-refractivity contribution in [1.29, 1.82) is 0 Å². The van der Waals surface area contributed by atoms with E-state index in [1.807, 2.05) is 23.6 Å². The van der Waals surface area contributed by atoms with Crippen LogP contribution in [0.1, 0.15) is 25.1 Å². The molecule has 1 rings (SSSR count). The second-order valence-electron chi connectivity index (χ2n) is 4.98. The van der Waals surface area contributed by atoms with Crippen LogP contribution in [0.4, 0.5) is 0 Å². The predicted molar refractivity (Wildman–Crippen MR) is 73.9 cm³/mol. The van der Waals surface area contributed by atoms with E-state index in [1.165, 1.54) is 0 Å². The molecule has 0 aliphatic rings. The Balaban J connectivity index is 2.78. The molecule has 0 aromatic carbocycles. The molecule has 0 aliphatic carbocycles. The summed E-state index contributed by atoms with van der Waals surface area (Å²) in [5.41, 5.74) is 1.96. The lowest BCUT2D eigenvalue weighted by atomic mass is 10.2. The fraction of sp³-hybridized carbons (Fsp3) is 0.643. The van der Waals surface area contributed by atoms with Crippen molar-refractivity contribution in [2.45, 2.75) is 33.9 Å². The van der Waals surface area contributed by atoms with Gasteiger partial charge < -0.3 is 14.6 Å². The van der Waals surface area contributed by atoms with Crippen LogP contribution >= 0.6 is 0 Å². The molecular formula is C14H24N2O2. The highest BCUT2D eigenvalue weighted by atomic mass is 16.5. The van der Waals surface area contributed by atoms with Gasteiger partial charge in [-0.15, -0.1) is 0 Å². The maximum atomic E-state index is 12.3. The maximum absolute atomic E-state index is 12.3. The number of nitrogens with one attached hydrogen (secondary N) is 1. The number of rotatable bonds is 7. The molecule has 0 fully saturated rings. The lowest BCUT2D eigenvalue weighted by molar-refractivity contribution is 0.199. The zero-order valence-electron chi connectivity index (χ0n) is 11.8. The fourth-order valence-electron chi connectivity index (χ4n) is 1.84. The van der Waals surface area contributed by atoms with Gasteiger partial charge in [0.25, 0.3) is 5.56 Å². The first kappa shape index (κ1) is 14.9. The number of hydrogen-bond donors (Lipinski definition) is 1. The summed E-state index contributed by atoms with van der Waals surface area (Å²) in [6.07, 6.45) is 0. The van der Waals surface area contributed by atoms with Crippen molar-refractivity contribution < 1.29 is 4.74 Å². The first-order chi connectivity index (χ1) is 8.56. The molecule has 0 saturated heterocycles. The summed E-state index contributed by atoms with van der Waals surface area (Å²) >= 11 is 0. The van der Waals surface area contributed by atoms with Crippen LogP contribution in [-0.2, 0) is 17.8 Å². The maximum Gasteiger partial charge on any atom is 0.255 e. The number of ether oxygens (including phenoxy) is 1. The van der Waals surface area contributed by atoms with Crippen LogP contribution in [0.15, 0.2) is 16.9 Å². The molecule has 0 bridgehead atoms. The Morgan fingerprint density at radius 2 is 2.11 bits per heavy atom. The summed E-state index contributed by atoms with van der Waals surface area (Å²) in [5.74, 6) is 0.470. The molecule has 102 valence electrons. The molecule has 1 aromatic heterocycles. The minimum Gasteiger partial charge on any atom is -0.383 e. The number of pyridine rings is 1. The van der Waals surface area contributed by atoms with Gasteiger partial charge in [-0.3, -0.25) is 4.79 Å². The third-order valence-corrected chi connectivity index (χ3v) is 2.82. The van der Waals surface area contributed by atoms with E-state index < -0.39 is 0 Å². The van der Waals surface area contributed by atoms with Gasteiger partial charge in [0.1, 0.15) is 0 Å². The summed E-state index contributed by atoms with van der Waals surface area (Å²) < 4.78 is 6.82. The molecule has 0 amide bonds. The van der Waals surface area contributed by atoms with Gasteiger partial charge in [0.05, 0.1) is 6.61 Å².